The van der Waals surface area contributed by atoms with E-state index in [0.717, 1.165) is 0 Å². The van der Waals surface area contributed by atoms with Gasteiger partial charge < -0.3 is 23.9 Å². The van der Waals surface area contributed by atoms with E-state index in [1.54, 1.807) is 30.3 Å². The fourth-order valence-electron chi connectivity index (χ4n) is 3.05. The Morgan fingerprint density at radius 1 is 1.03 bits per heavy atom. The molecule has 0 fully saturated rings. The molecule has 30 heavy (non-hydrogen) atoms. The van der Waals surface area contributed by atoms with Gasteiger partial charge in [-0.25, -0.2) is 8.42 Å². The number of aromatic nitrogens is 1. The van der Waals surface area contributed by atoms with Crippen LogP contribution in [0, 0.1) is 0 Å². The number of hydrogen-bond donors (Lipinski definition) is 1. The van der Waals surface area contributed by atoms with Gasteiger partial charge >= 0.3 is 0 Å². The van der Waals surface area contributed by atoms with Gasteiger partial charge in [-0.15, -0.1) is 0 Å². The van der Waals surface area contributed by atoms with Crippen molar-refractivity contribution < 1.29 is 27.0 Å². The summed E-state index contributed by atoms with van der Waals surface area (Å²) in [6, 6.07) is 11.6. The molecule has 0 amide bonds. The zero-order valence-electron chi connectivity index (χ0n) is 16.7. The predicted octanol–water partition coefficient (Wildman–Crippen LogP) is 3.78. The number of rotatable bonds is 7. The monoisotopic (exact) mass is 430 g/mol. The van der Waals surface area contributed by atoms with E-state index in [1.807, 2.05) is 13.8 Å². The lowest BCUT2D eigenvalue weighted by Crippen LogP contribution is -2.16. The van der Waals surface area contributed by atoms with Crippen LogP contribution < -0.4 is 19.5 Å². The smallest absolute Gasteiger partial charge is 0.233 e. The van der Waals surface area contributed by atoms with Crippen LogP contribution in [-0.2, 0) is 9.84 Å². The average Bonchev–Trinajstić information content (AvgIpc) is 3.19. The second-order valence-corrected chi connectivity index (χ2v) is 8.31. The molecule has 0 unspecified atom stereocenters. The highest BCUT2D eigenvalue weighted by Gasteiger charge is 2.29. The summed E-state index contributed by atoms with van der Waals surface area (Å²) in [4.78, 5) is 4.36. The van der Waals surface area contributed by atoms with E-state index in [9.17, 15) is 8.42 Å². The quantitative estimate of drug-likeness (QED) is 0.605. The maximum Gasteiger partial charge on any atom is 0.233 e. The number of benzene rings is 2. The maximum absolute atomic E-state index is 13.3. The Bertz CT molecular complexity index is 1140. The largest absolute Gasteiger partial charge is 0.494 e. The number of nitrogens with zero attached hydrogens (tertiary/aromatic N) is 1. The molecular weight excluding hydrogens is 408 g/mol. The molecular formula is C21H22N2O6S. The third-order valence-electron chi connectivity index (χ3n) is 4.42. The van der Waals surface area contributed by atoms with E-state index in [2.05, 4.69) is 10.3 Å². The Morgan fingerprint density at radius 3 is 2.47 bits per heavy atom. The first-order chi connectivity index (χ1) is 14.5. The van der Waals surface area contributed by atoms with Gasteiger partial charge in [0.2, 0.25) is 26.6 Å². The molecule has 0 atom stereocenters. The first kappa shape index (κ1) is 20.1. The number of anilines is 1. The SMILES string of the molecule is CCNc1oc(-c2ccc(OCC)cc2)nc1S(=O)(=O)c1ccc2c(c1)OCCO2. The third kappa shape index (κ3) is 3.80. The minimum Gasteiger partial charge on any atom is -0.494 e. The summed E-state index contributed by atoms with van der Waals surface area (Å²) in [6.07, 6.45) is 0. The molecule has 1 aliphatic heterocycles. The zero-order chi connectivity index (χ0) is 21.1. The van der Waals surface area contributed by atoms with Gasteiger partial charge in [0.15, 0.2) is 11.5 Å². The summed E-state index contributed by atoms with van der Waals surface area (Å²) in [5.74, 6) is 1.91. The van der Waals surface area contributed by atoms with Gasteiger partial charge in [-0.1, -0.05) is 0 Å². The van der Waals surface area contributed by atoms with Gasteiger partial charge in [-0.3, -0.25) is 0 Å². The molecule has 8 nitrogen and oxygen atoms in total. The summed E-state index contributed by atoms with van der Waals surface area (Å²) in [5.41, 5.74) is 0.640. The van der Waals surface area contributed by atoms with Crippen LogP contribution in [0.3, 0.4) is 0 Å². The number of hydrogen-bond acceptors (Lipinski definition) is 8. The summed E-state index contributed by atoms with van der Waals surface area (Å²) in [6.45, 7) is 5.57. The number of ether oxygens (including phenoxy) is 3. The van der Waals surface area contributed by atoms with Crippen LogP contribution in [0.5, 0.6) is 17.2 Å². The van der Waals surface area contributed by atoms with Gasteiger partial charge in [0.1, 0.15) is 19.0 Å². The molecule has 0 spiro atoms. The molecule has 158 valence electrons. The van der Waals surface area contributed by atoms with Gasteiger partial charge in [-0.05, 0) is 50.2 Å². The fraction of sp³-hybridized carbons (Fsp3) is 0.286. The Kier molecular flexibility index (Phi) is 5.54. The van der Waals surface area contributed by atoms with Crippen molar-refractivity contribution in [2.24, 2.45) is 0 Å². The van der Waals surface area contributed by atoms with Crippen molar-refractivity contribution in [2.45, 2.75) is 23.8 Å². The van der Waals surface area contributed by atoms with E-state index in [-0.39, 0.29) is 21.7 Å². The summed E-state index contributed by atoms with van der Waals surface area (Å²) in [5, 5.41) is 2.77. The van der Waals surface area contributed by atoms with Gasteiger partial charge in [0.05, 0.1) is 11.5 Å². The molecule has 3 aromatic rings. The molecule has 0 bridgehead atoms. The van der Waals surface area contributed by atoms with E-state index in [1.165, 1.54) is 12.1 Å². The number of oxazole rings is 1. The molecule has 1 aromatic heterocycles. The first-order valence-corrected chi connectivity index (χ1v) is 11.1. The molecule has 0 saturated carbocycles. The van der Waals surface area contributed by atoms with Crippen molar-refractivity contribution in [1.82, 2.24) is 4.98 Å². The fourth-order valence-corrected chi connectivity index (χ4v) is 4.34. The van der Waals surface area contributed by atoms with Crippen LogP contribution in [-0.4, -0.2) is 39.8 Å². The Morgan fingerprint density at radius 2 is 1.77 bits per heavy atom. The van der Waals surface area contributed by atoms with Crippen molar-refractivity contribution in [3.05, 3.63) is 42.5 Å². The van der Waals surface area contributed by atoms with Crippen LogP contribution in [0.25, 0.3) is 11.5 Å². The average molecular weight is 430 g/mol. The highest BCUT2D eigenvalue weighted by Crippen LogP contribution is 2.37. The maximum atomic E-state index is 13.3. The molecule has 0 radical (unpaired) electrons. The van der Waals surface area contributed by atoms with Gasteiger partial charge in [0, 0.05) is 18.2 Å². The highest BCUT2D eigenvalue weighted by molar-refractivity contribution is 7.91. The second kappa shape index (κ2) is 8.27. The van der Waals surface area contributed by atoms with Crippen molar-refractivity contribution in [1.29, 1.82) is 0 Å². The lowest BCUT2D eigenvalue weighted by molar-refractivity contribution is 0.171. The van der Waals surface area contributed by atoms with Crippen LogP contribution >= 0.6 is 0 Å². The van der Waals surface area contributed by atoms with E-state index in [0.29, 0.717) is 49.2 Å². The standard InChI is InChI=1S/C21H22N2O6S/c1-3-22-20-21(23-19(29-20)14-5-7-15(8-6-14)26-4-2)30(24,25)16-9-10-17-18(13-16)28-12-11-27-17/h5-10,13,22H,3-4,11-12H2,1-2H3. The molecule has 2 aromatic carbocycles. The van der Waals surface area contributed by atoms with Crippen LogP contribution in [0.15, 0.2) is 56.8 Å². The molecule has 0 aliphatic carbocycles. The minimum absolute atomic E-state index is 0.0532. The molecule has 9 heteroatoms. The number of sulfone groups is 1. The van der Waals surface area contributed by atoms with Crippen molar-refractivity contribution in [3.63, 3.8) is 0 Å². The third-order valence-corrected chi connectivity index (χ3v) is 6.08. The van der Waals surface area contributed by atoms with Crippen LogP contribution in [0.2, 0.25) is 0 Å². The zero-order valence-corrected chi connectivity index (χ0v) is 17.5. The minimum atomic E-state index is -3.96. The van der Waals surface area contributed by atoms with E-state index < -0.39 is 9.84 Å². The normalized spacial score (nSPS) is 13.1. The molecule has 0 saturated heterocycles. The summed E-state index contributed by atoms with van der Waals surface area (Å²) in [7, 11) is -3.96. The lowest BCUT2D eigenvalue weighted by atomic mass is 10.2. The molecule has 2 heterocycles. The molecule has 4 rings (SSSR count). The Labute approximate surface area is 174 Å². The number of nitrogens with one attached hydrogen (secondary N) is 1. The molecule has 1 aliphatic rings. The van der Waals surface area contributed by atoms with Crippen molar-refractivity contribution >= 4 is 15.7 Å². The Hall–Kier alpha value is -3.20. The summed E-state index contributed by atoms with van der Waals surface area (Å²) < 4.78 is 48.8. The van der Waals surface area contributed by atoms with E-state index in [4.69, 9.17) is 18.6 Å². The van der Waals surface area contributed by atoms with Crippen molar-refractivity contribution in [3.8, 4) is 28.7 Å². The second-order valence-electron chi connectivity index (χ2n) is 6.45. The summed E-state index contributed by atoms with van der Waals surface area (Å²) >= 11 is 0. The van der Waals surface area contributed by atoms with Gasteiger partial charge in [-0.2, -0.15) is 4.98 Å². The van der Waals surface area contributed by atoms with Crippen molar-refractivity contribution in [2.75, 3.05) is 31.7 Å². The lowest BCUT2D eigenvalue weighted by Gasteiger charge is -2.18. The topological polar surface area (TPSA) is 99.9 Å². The predicted molar refractivity (Wildman–Crippen MR) is 110 cm³/mol. The van der Waals surface area contributed by atoms with Gasteiger partial charge in [0.25, 0.3) is 0 Å². The number of fused-ring (bicyclic) bond motifs is 1. The first-order valence-electron chi connectivity index (χ1n) is 9.65. The van der Waals surface area contributed by atoms with Crippen LogP contribution in [0.4, 0.5) is 5.88 Å². The molecule has 1 N–H and O–H groups in total. The highest BCUT2D eigenvalue weighted by atomic mass is 32.2. The Balaban J connectivity index is 1.73. The van der Waals surface area contributed by atoms with Crippen LogP contribution in [0.1, 0.15) is 13.8 Å². The van der Waals surface area contributed by atoms with E-state index >= 15 is 0 Å².